The Kier molecular flexibility index (Phi) is 10.0. The lowest BCUT2D eigenvalue weighted by molar-refractivity contribution is 1.08. The number of fused-ring (bicyclic) bond motifs is 3. The highest BCUT2D eigenvalue weighted by Gasteiger charge is 2.23. The van der Waals surface area contributed by atoms with E-state index in [2.05, 4.69) is 24.3 Å². The average molecular weight is 742 g/mol. The topological polar surface area (TPSA) is 38.7 Å². The van der Waals surface area contributed by atoms with Gasteiger partial charge in [0.2, 0.25) is 0 Å². The maximum atomic E-state index is 7.09. The molecular weight excluding hydrogens is 723 g/mol. The van der Waals surface area contributed by atoms with Gasteiger partial charge in [0, 0.05) is 26.1 Å². The van der Waals surface area contributed by atoms with Crippen molar-refractivity contribution in [3.8, 4) is 67.5 Å². The van der Waals surface area contributed by atoms with Crippen molar-refractivity contribution in [2.45, 2.75) is 0 Å². The predicted molar refractivity (Wildman–Crippen MR) is 259 cm³/mol. The van der Waals surface area contributed by atoms with Gasteiger partial charge in [-0.1, -0.05) is 147 Å². The second-order valence-corrected chi connectivity index (χ2v) is 15.2. The predicted octanol–water partition coefficient (Wildman–Crippen LogP) is 0.180. The summed E-state index contributed by atoms with van der Waals surface area (Å²) in [4.78, 5) is 14.9. The summed E-state index contributed by atoms with van der Waals surface area (Å²) in [6.07, 6.45) is 0. The van der Waals surface area contributed by atoms with Gasteiger partial charge >= 0.3 is 0 Å². The summed E-state index contributed by atoms with van der Waals surface area (Å²) in [6, 6.07) is 38.1. The van der Waals surface area contributed by atoms with E-state index in [-0.39, 0.29) is 55.0 Å². The normalized spacial score (nSPS) is 11.4. The highest BCUT2D eigenvalue weighted by Crippen LogP contribution is 2.34. The van der Waals surface area contributed by atoms with Crippen LogP contribution in [0.1, 0.15) is 0 Å². The molecule has 0 N–H and O–H groups in total. The fourth-order valence-corrected chi connectivity index (χ4v) is 8.70. The van der Waals surface area contributed by atoms with E-state index in [1.165, 1.54) is 11.3 Å². The minimum absolute atomic E-state index is 0.0766. The fourth-order valence-electron chi connectivity index (χ4n) is 7.47. The van der Waals surface area contributed by atoms with Crippen molar-refractivity contribution in [2.75, 3.05) is 0 Å². The molecule has 0 atom stereocenters. The largest absolute Gasteiger partial charge is 0.208 e. The molecule has 59 heavy (non-hydrogen) atoms. The van der Waals surface area contributed by atoms with Crippen LogP contribution in [0.5, 0.6) is 0 Å². The van der Waals surface area contributed by atoms with Gasteiger partial charge in [-0.15, -0.1) is 27.7 Å². The zero-order valence-corrected chi connectivity index (χ0v) is 32.3. The van der Waals surface area contributed by atoms with Gasteiger partial charge in [-0.25, -0.2) is 15.0 Å². The van der Waals surface area contributed by atoms with Crippen LogP contribution in [0.2, 0.25) is 0 Å². The molecule has 0 saturated carbocycles. The van der Waals surface area contributed by atoms with Crippen LogP contribution in [-0.2, 0) is 0 Å². The van der Waals surface area contributed by atoms with E-state index < -0.39 is 0 Å². The Morgan fingerprint density at radius 2 is 0.729 bits per heavy atom. The molecule has 0 unspecified atom stereocenters. The van der Waals surface area contributed by atoms with E-state index in [9.17, 15) is 0 Å². The van der Waals surface area contributed by atoms with Crippen molar-refractivity contribution in [3.63, 3.8) is 0 Å². The Morgan fingerprint density at radius 1 is 0.322 bits per heavy atom. The molecule has 0 amide bonds. The standard InChI is InChI=1S/C45H19B10N3S/c46-31-26(28-32(47)37(52)39(54)38(53)33(28)48)19-27-29-34(49)35(50)30(36(51)42(29)59-41(27)40(31)55)45-57-43(24-15-11-22(12-16-24)20-7-3-1-4-8-20)56-44(58-45)25-17-13-23(14-18-25)21-9-5-2-6-10-21/h1-19H. The van der Waals surface area contributed by atoms with E-state index >= 15 is 0 Å². The molecule has 0 aliphatic rings. The van der Waals surface area contributed by atoms with Crippen molar-refractivity contribution in [3.05, 3.63) is 115 Å². The third-order valence-corrected chi connectivity index (χ3v) is 12.0. The Hall–Kier alpha value is -5.58. The number of thiophene rings is 1. The number of nitrogens with zero attached hydrogens (tertiary/aromatic N) is 3. The molecule has 9 aromatic rings. The Bertz CT molecular complexity index is 3010. The molecule has 9 rings (SSSR count). The lowest BCUT2D eigenvalue weighted by atomic mass is 9.58. The Labute approximate surface area is 360 Å². The van der Waals surface area contributed by atoms with Crippen LogP contribution in [-0.4, -0.2) is 93.4 Å². The van der Waals surface area contributed by atoms with Gasteiger partial charge in [-0.05, 0) is 50.2 Å². The molecule has 0 spiro atoms. The van der Waals surface area contributed by atoms with Crippen molar-refractivity contribution in [1.82, 2.24) is 15.0 Å². The van der Waals surface area contributed by atoms with E-state index in [1.54, 1.807) is 6.07 Å². The minimum atomic E-state index is 0.0766. The van der Waals surface area contributed by atoms with E-state index in [1.807, 2.05) is 84.9 Å². The summed E-state index contributed by atoms with van der Waals surface area (Å²) in [5, 5.41) is 1.18. The molecule has 0 aliphatic carbocycles. The van der Waals surface area contributed by atoms with E-state index in [4.69, 9.17) is 93.4 Å². The molecule has 250 valence electrons. The average Bonchev–Trinajstić information content (AvgIpc) is 3.67. The molecular formula is C45H19B10N3S. The van der Waals surface area contributed by atoms with Crippen LogP contribution in [0.4, 0.5) is 0 Å². The third kappa shape index (κ3) is 6.57. The number of hydrogen-bond acceptors (Lipinski definition) is 4. The van der Waals surface area contributed by atoms with Crippen LogP contribution in [0, 0.1) is 0 Å². The van der Waals surface area contributed by atoms with Gasteiger partial charge in [0.25, 0.3) is 0 Å². The first kappa shape index (κ1) is 38.9. The van der Waals surface area contributed by atoms with Crippen molar-refractivity contribution in [2.24, 2.45) is 0 Å². The highest BCUT2D eigenvalue weighted by molar-refractivity contribution is 7.28. The molecule has 2 aromatic heterocycles. The maximum absolute atomic E-state index is 7.09. The smallest absolute Gasteiger partial charge is 0.164 e. The molecule has 20 radical (unpaired) electrons. The van der Waals surface area contributed by atoms with Gasteiger partial charge in [-0.2, -0.15) is 0 Å². The first-order valence-corrected chi connectivity index (χ1v) is 19.2. The monoisotopic (exact) mass is 743 g/mol. The van der Waals surface area contributed by atoms with Crippen LogP contribution in [0.3, 0.4) is 0 Å². The fraction of sp³-hybridized carbons (Fsp3) is 0. The van der Waals surface area contributed by atoms with Crippen LogP contribution < -0.4 is 54.6 Å². The van der Waals surface area contributed by atoms with Gasteiger partial charge in [0.05, 0.1) is 0 Å². The van der Waals surface area contributed by atoms with Gasteiger partial charge in [0.1, 0.15) is 78.5 Å². The lowest BCUT2D eigenvalue weighted by Gasteiger charge is -2.23. The van der Waals surface area contributed by atoms with E-state index in [0.29, 0.717) is 54.0 Å². The van der Waals surface area contributed by atoms with Gasteiger partial charge < -0.3 is 0 Å². The first-order valence-electron chi connectivity index (χ1n) is 18.4. The van der Waals surface area contributed by atoms with Crippen LogP contribution in [0.25, 0.3) is 87.7 Å². The van der Waals surface area contributed by atoms with Crippen LogP contribution >= 0.6 is 11.3 Å². The highest BCUT2D eigenvalue weighted by atomic mass is 32.1. The Balaban J connectivity index is 1.24. The summed E-state index contributed by atoms with van der Waals surface area (Å²) in [6.45, 7) is 0. The summed E-state index contributed by atoms with van der Waals surface area (Å²) < 4.78 is 1.23. The molecule has 0 bridgehead atoms. The summed E-state index contributed by atoms with van der Waals surface area (Å²) in [5.74, 6) is 1.08. The summed E-state index contributed by atoms with van der Waals surface area (Å²) in [5.41, 5.74) is 8.49. The lowest BCUT2D eigenvalue weighted by Crippen LogP contribution is -2.55. The number of rotatable bonds is 6. The van der Waals surface area contributed by atoms with Crippen molar-refractivity contribution < 1.29 is 0 Å². The van der Waals surface area contributed by atoms with Crippen molar-refractivity contribution >= 4 is 165 Å². The molecule has 0 fully saturated rings. The third-order valence-electron chi connectivity index (χ3n) is 10.7. The molecule has 14 heteroatoms. The second kappa shape index (κ2) is 15.2. The zero-order valence-electron chi connectivity index (χ0n) is 31.5. The molecule has 3 nitrogen and oxygen atoms in total. The van der Waals surface area contributed by atoms with Gasteiger partial charge in [-0.3, -0.25) is 0 Å². The maximum Gasteiger partial charge on any atom is 0.164 e. The Morgan fingerprint density at radius 3 is 1.22 bits per heavy atom. The number of benzene rings is 7. The molecule has 0 aliphatic heterocycles. The quantitative estimate of drug-likeness (QED) is 0.229. The summed E-state index contributed by atoms with van der Waals surface area (Å²) in [7, 11) is 65.9. The summed E-state index contributed by atoms with van der Waals surface area (Å²) >= 11 is 1.31. The zero-order chi connectivity index (χ0) is 41.3. The van der Waals surface area contributed by atoms with E-state index in [0.717, 1.165) is 33.4 Å². The second-order valence-electron chi connectivity index (χ2n) is 14.2. The SMILES string of the molecule is [B]c1c([B])c([B])c(-c2cc3c(sc4c([B])c(-c5nc(-c6ccc(-c7ccccc7)cc6)nc(-c6ccc(-c7ccccc7)cc6)n5)c([B])c([B])c43)c([B])c2[B])c([B])c1[B]. The molecule has 2 heterocycles. The minimum Gasteiger partial charge on any atom is -0.208 e. The first-order chi connectivity index (χ1) is 28.4. The molecule has 0 saturated heterocycles. The number of hydrogen-bond donors (Lipinski definition) is 0. The van der Waals surface area contributed by atoms with Crippen LogP contribution in [0.15, 0.2) is 115 Å². The van der Waals surface area contributed by atoms with Gasteiger partial charge in [0.15, 0.2) is 17.5 Å². The molecule has 7 aromatic carbocycles. The van der Waals surface area contributed by atoms with Crippen molar-refractivity contribution in [1.29, 1.82) is 0 Å². The number of aromatic nitrogens is 3.